The molecule has 0 aliphatic carbocycles. The summed E-state index contributed by atoms with van der Waals surface area (Å²) < 4.78 is 38.1. The number of hydrogen-bond acceptors (Lipinski definition) is 9. The molecule has 3 aromatic rings. The standard InChI is InChI=1S/C27H35FN6O3S/c1-17(2)19-5-6-22(34-13-18(14-34)15-38(4,36)37)21-12-30-25(11-20(19)21)31-24-7-9-29-26(32-24)33-10-8-23(35)27(3,28)16-33/h5-7,9,11-12,17-18,23,35H,8,10,13-16H2,1-4H3,(H,29,30,31,32)/t23-,27-/m0/s1. The van der Waals surface area contributed by atoms with E-state index >= 15 is 0 Å². The zero-order valence-corrected chi connectivity index (χ0v) is 23.0. The third-order valence-corrected chi connectivity index (χ3v) is 8.50. The van der Waals surface area contributed by atoms with Gasteiger partial charge in [-0.1, -0.05) is 19.9 Å². The van der Waals surface area contributed by atoms with Gasteiger partial charge in [0.05, 0.1) is 18.4 Å². The van der Waals surface area contributed by atoms with Crippen LogP contribution >= 0.6 is 0 Å². The number of aromatic nitrogens is 3. The molecule has 9 nitrogen and oxygen atoms in total. The first-order valence-corrected chi connectivity index (χ1v) is 15.0. The quantitative estimate of drug-likeness (QED) is 0.462. The Balaban J connectivity index is 1.39. The molecule has 2 fully saturated rings. The SMILES string of the molecule is CC(C)c1ccc(N2CC(CS(C)(=O)=O)C2)c2cnc(Nc3ccnc(N4CC[C@H](O)[C@@](C)(F)C4)n3)cc12. The van der Waals surface area contributed by atoms with Crippen LogP contribution in [0.4, 0.5) is 27.7 Å². The summed E-state index contributed by atoms with van der Waals surface area (Å²) in [6.07, 6.45) is 4.08. The lowest BCUT2D eigenvalue weighted by molar-refractivity contribution is -0.00860. The molecular formula is C27H35FN6O3S. The first kappa shape index (κ1) is 26.6. The van der Waals surface area contributed by atoms with Gasteiger partial charge < -0.3 is 20.2 Å². The third-order valence-electron chi connectivity index (χ3n) is 7.42. The number of anilines is 4. The molecule has 0 bridgehead atoms. The van der Waals surface area contributed by atoms with Crippen molar-refractivity contribution in [2.45, 2.75) is 44.9 Å². The number of hydrogen-bond donors (Lipinski definition) is 2. The zero-order chi connectivity index (χ0) is 27.2. The maximum atomic E-state index is 14.7. The highest BCUT2D eigenvalue weighted by molar-refractivity contribution is 7.90. The van der Waals surface area contributed by atoms with E-state index in [1.54, 1.807) is 17.2 Å². The number of halogens is 1. The van der Waals surface area contributed by atoms with Gasteiger partial charge in [-0.25, -0.2) is 22.8 Å². The Morgan fingerprint density at radius 3 is 2.61 bits per heavy atom. The van der Waals surface area contributed by atoms with E-state index in [9.17, 15) is 17.9 Å². The van der Waals surface area contributed by atoms with Gasteiger partial charge in [-0.2, -0.15) is 4.98 Å². The highest BCUT2D eigenvalue weighted by Crippen LogP contribution is 2.37. The first-order chi connectivity index (χ1) is 17.9. The van der Waals surface area contributed by atoms with Gasteiger partial charge in [0, 0.05) is 55.3 Å². The fourth-order valence-corrected chi connectivity index (χ4v) is 6.47. The van der Waals surface area contributed by atoms with E-state index in [-0.39, 0.29) is 18.2 Å². The van der Waals surface area contributed by atoms with E-state index in [0.717, 1.165) is 16.5 Å². The van der Waals surface area contributed by atoms with Crippen LogP contribution in [0.1, 0.15) is 38.7 Å². The molecule has 2 N–H and O–H groups in total. The fourth-order valence-electron chi connectivity index (χ4n) is 5.40. The maximum Gasteiger partial charge on any atom is 0.227 e. The van der Waals surface area contributed by atoms with E-state index in [1.807, 2.05) is 12.3 Å². The summed E-state index contributed by atoms with van der Waals surface area (Å²) in [7, 11) is -2.99. The van der Waals surface area contributed by atoms with Crippen molar-refractivity contribution in [3.8, 4) is 0 Å². The molecule has 0 amide bonds. The lowest BCUT2D eigenvalue weighted by Crippen LogP contribution is -2.52. The van der Waals surface area contributed by atoms with Gasteiger partial charge in [0.25, 0.3) is 0 Å². The monoisotopic (exact) mass is 542 g/mol. The summed E-state index contributed by atoms with van der Waals surface area (Å²) in [5.41, 5.74) is 0.524. The normalized spacial score (nSPS) is 22.7. The Bertz CT molecular complexity index is 1440. The van der Waals surface area contributed by atoms with Crippen molar-refractivity contribution < 1.29 is 17.9 Å². The Morgan fingerprint density at radius 2 is 1.92 bits per heavy atom. The molecule has 1 aromatic carbocycles. The van der Waals surface area contributed by atoms with E-state index in [1.165, 1.54) is 18.7 Å². The van der Waals surface area contributed by atoms with Crippen LogP contribution in [-0.4, -0.2) is 78.4 Å². The highest BCUT2D eigenvalue weighted by Gasteiger charge is 2.39. The molecule has 4 heterocycles. The molecule has 0 unspecified atom stereocenters. The predicted octanol–water partition coefficient (Wildman–Crippen LogP) is 3.67. The summed E-state index contributed by atoms with van der Waals surface area (Å²) in [5, 5.41) is 15.3. The third kappa shape index (κ3) is 5.54. The maximum absolute atomic E-state index is 14.7. The summed E-state index contributed by atoms with van der Waals surface area (Å²) in [5.74, 6) is 2.22. The number of sulfone groups is 1. The average Bonchev–Trinajstić information content (AvgIpc) is 2.81. The molecule has 204 valence electrons. The Morgan fingerprint density at radius 1 is 1.16 bits per heavy atom. The van der Waals surface area contributed by atoms with Crippen LogP contribution in [0.2, 0.25) is 0 Å². The number of piperidine rings is 1. The van der Waals surface area contributed by atoms with E-state index < -0.39 is 21.6 Å². The minimum atomic E-state index is -2.99. The number of nitrogens with one attached hydrogen (secondary N) is 1. The predicted molar refractivity (Wildman–Crippen MR) is 149 cm³/mol. The van der Waals surface area contributed by atoms with Crippen LogP contribution in [0.3, 0.4) is 0 Å². The minimum Gasteiger partial charge on any atom is -0.390 e. The second-order valence-corrected chi connectivity index (χ2v) is 13.4. The van der Waals surface area contributed by atoms with Gasteiger partial charge >= 0.3 is 0 Å². The summed E-state index contributed by atoms with van der Waals surface area (Å²) in [4.78, 5) is 17.5. The van der Waals surface area contributed by atoms with Gasteiger partial charge in [0.2, 0.25) is 5.95 Å². The van der Waals surface area contributed by atoms with Crippen LogP contribution in [0.25, 0.3) is 10.8 Å². The number of aliphatic hydroxyl groups excluding tert-OH is 1. The molecular weight excluding hydrogens is 507 g/mol. The van der Waals surface area contributed by atoms with Crippen molar-refractivity contribution in [1.82, 2.24) is 15.0 Å². The number of rotatable bonds is 7. The van der Waals surface area contributed by atoms with Crippen LogP contribution < -0.4 is 15.1 Å². The number of pyridine rings is 1. The Kier molecular flexibility index (Phi) is 6.93. The largest absolute Gasteiger partial charge is 0.390 e. The molecule has 2 aliphatic heterocycles. The van der Waals surface area contributed by atoms with E-state index in [2.05, 4.69) is 51.1 Å². The number of alkyl halides is 1. The van der Waals surface area contributed by atoms with Gasteiger partial charge in [-0.05, 0) is 48.4 Å². The fraction of sp³-hybridized carbons (Fsp3) is 0.519. The van der Waals surface area contributed by atoms with Crippen LogP contribution in [0.15, 0.2) is 36.7 Å². The number of nitrogens with zero attached hydrogens (tertiary/aromatic N) is 5. The topological polar surface area (TPSA) is 112 Å². The summed E-state index contributed by atoms with van der Waals surface area (Å²) >= 11 is 0. The Labute approximate surface area is 223 Å². The lowest BCUT2D eigenvalue weighted by atomic mass is 9.93. The van der Waals surface area contributed by atoms with Crippen molar-refractivity contribution in [3.63, 3.8) is 0 Å². The smallest absolute Gasteiger partial charge is 0.227 e. The van der Waals surface area contributed by atoms with Crippen molar-refractivity contribution >= 4 is 43.9 Å². The molecule has 2 atom stereocenters. The van der Waals surface area contributed by atoms with E-state index in [0.29, 0.717) is 49.6 Å². The first-order valence-electron chi connectivity index (χ1n) is 13.0. The molecule has 0 saturated carbocycles. The number of aliphatic hydroxyl groups is 1. The zero-order valence-electron chi connectivity index (χ0n) is 22.2. The second kappa shape index (κ2) is 9.92. The molecule has 0 radical (unpaired) electrons. The van der Waals surface area contributed by atoms with Crippen LogP contribution in [-0.2, 0) is 9.84 Å². The van der Waals surface area contributed by atoms with Gasteiger partial charge in [-0.3, -0.25) is 0 Å². The summed E-state index contributed by atoms with van der Waals surface area (Å²) in [6, 6.07) is 8.00. The van der Waals surface area contributed by atoms with Crippen LogP contribution in [0.5, 0.6) is 0 Å². The van der Waals surface area contributed by atoms with Gasteiger partial charge in [0.15, 0.2) is 5.67 Å². The van der Waals surface area contributed by atoms with Crippen molar-refractivity contribution in [3.05, 3.63) is 42.2 Å². The van der Waals surface area contributed by atoms with Crippen molar-refractivity contribution in [1.29, 1.82) is 0 Å². The number of fused-ring (bicyclic) bond motifs is 1. The van der Waals surface area contributed by atoms with Gasteiger partial charge in [-0.15, -0.1) is 0 Å². The number of benzene rings is 1. The molecule has 0 spiro atoms. The molecule has 2 aliphatic rings. The lowest BCUT2D eigenvalue weighted by Gasteiger charge is -2.41. The van der Waals surface area contributed by atoms with Crippen LogP contribution in [0, 0.1) is 5.92 Å². The molecule has 38 heavy (non-hydrogen) atoms. The Hall–Kier alpha value is -3.05. The molecule has 2 aromatic heterocycles. The van der Waals surface area contributed by atoms with Crippen molar-refractivity contribution in [2.75, 3.05) is 53.3 Å². The molecule has 2 saturated heterocycles. The van der Waals surface area contributed by atoms with E-state index in [4.69, 9.17) is 0 Å². The average molecular weight is 543 g/mol. The minimum absolute atomic E-state index is 0.0217. The molecule has 11 heteroatoms. The van der Waals surface area contributed by atoms with Gasteiger partial charge in [0.1, 0.15) is 21.5 Å². The molecule has 5 rings (SSSR count). The highest BCUT2D eigenvalue weighted by atomic mass is 32.2. The van der Waals surface area contributed by atoms with Crippen molar-refractivity contribution in [2.24, 2.45) is 5.92 Å². The second-order valence-electron chi connectivity index (χ2n) is 11.2. The summed E-state index contributed by atoms with van der Waals surface area (Å²) in [6.45, 7) is 7.61.